The molecule has 0 unspecified atom stereocenters. The molecule has 1 rings (SSSR count). The zero-order chi connectivity index (χ0) is 8.59. The zero-order valence-electron chi connectivity index (χ0n) is 6.44. The third-order valence-corrected chi connectivity index (χ3v) is 1.83. The van der Waals surface area contributed by atoms with Crippen LogP contribution in [-0.2, 0) is 4.79 Å². The second-order valence-electron chi connectivity index (χ2n) is 2.63. The van der Waals surface area contributed by atoms with E-state index >= 15 is 0 Å². The number of nitrogens with zero attached hydrogens (tertiary/aromatic N) is 2. The molecule has 1 heterocycles. The van der Waals surface area contributed by atoms with E-state index in [0.717, 1.165) is 0 Å². The van der Waals surface area contributed by atoms with Gasteiger partial charge in [0, 0.05) is 14.1 Å². The lowest BCUT2D eigenvalue weighted by Gasteiger charge is -2.12. The van der Waals surface area contributed by atoms with Crippen LogP contribution in [0.3, 0.4) is 0 Å². The molecular formula is C6H10N2O3. The first kappa shape index (κ1) is 7.84. The van der Waals surface area contributed by atoms with E-state index in [0.29, 0.717) is 0 Å². The largest absolute Gasteiger partial charge is 0.480 e. The van der Waals surface area contributed by atoms with Crippen molar-refractivity contribution in [3.05, 3.63) is 0 Å². The van der Waals surface area contributed by atoms with Crippen LogP contribution in [0.2, 0.25) is 0 Å². The van der Waals surface area contributed by atoms with Crippen LogP contribution in [0.4, 0.5) is 4.79 Å². The molecular weight excluding hydrogens is 148 g/mol. The number of rotatable bonds is 1. The molecule has 1 saturated heterocycles. The normalized spacial score (nSPS) is 24.5. The molecule has 5 heteroatoms. The van der Waals surface area contributed by atoms with Crippen molar-refractivity contribution in [3.63, 3.8) is 0 Å². The third-order valence-electron chi connectivity index (χ3n) is 1.83. The predicted molar refractivity (Wildman–Crippen MR) is 37.2 cm³/mol. The fraction of sp³-hybridized carbons (Fsp3) is 0.667. The van der Waals surface area contributed by atoms with E-state index in [1.54, 1.807) is 7.05 Å². The van der Waals surface area contributed by atoms with Gasteiger partial charge in [0.15, 0.2) is 0 Å². The number of urea groups is 1. The molecule has 1 fully saturated rings. The van der Waals surface area contributed by atoms with Gasteiger partial charge >= 0.3 is 12.0 Å². The highest BCUT2D eigenvalue weighted by atomic mass is 16.4. The van der Waals surface area contributed by atoms with Crippen molar-refractivity contribution in [1.29, 1.82) is 0 Å². The van der Waals surface area contributed by atoms with Crippen LogP contribution in [0.1, 0.15) is 0 Å². The standard InChI is InChI=1S/C6H10N2O3/c1-7-3-4(5(9)10)8(2)6(7)11/h4H,3H2,1-2H3,(H,9,10)/t4-/m1/s1. The van der Waals surface area contributed by atoms with Gasteiger partial charge in [-0.3, -0.25) is 0 Å². The Hall–Kier alpha value is -1.26. The third kappa shape index (κ3) is 1.13. The fourth-order valence-corrected chi connectivity index (χ4v) is 1.11. The van der Waals surface area contributed by atoms with Crippen molar-refractivity contribution in [2.45, 2.75) is 6.04 Å². The summed E-state index contributed by atoms with van der Waals surface area (Å²) in [5, 5.41) is 8.60. The molecule has 0 radical (unpaired) electrons. The monoisotopic (exact) mass is 158 g/mol. The summed E-state index contributed by atoms with van der Waals surface area (Å²) in [4.78, 5) is 24.1. The van der Waals surface area contributed by atoms with Gasteiger partial charge in [0.1, 0.15) is 6.04 Å². The molecule has 1 atom stereocenters. The number of carboxylic acid groups (broad SMARTS) is 1. The summed E-state index contributed by atoms with van der Waals surface area (Å²) in [5.41, 5.74) is 0. The van der Waals surface area contributed by atoms with E-state index in [4.69, 9.17) is 5.11 Å². The van der Waals surface area contributed by atoms with Crippen LogP contribution in [0.25, 0.3) is 0 Å². The molecule has 0 aromatic rings. The minimum absolute atomic E-state index is 0.239. The van der Waals surface area contributed by atoms with Crippen LogP contribution in [0, 0.1) is 0 Å². The summed E-state index contributed by atoms with van der Waals surface area (Å²) in [6.45, 7) is 0.269. The molecule has 0 saturated carbocycles. The van der Waals surface area contributed by atoms with Crippen LogP contribution < -0.4 is 0 Å². The van der Waals surface area contributed by atoms with Crippen molar-refractivity contribution in [2.75, 3.05) is 20.6 Å². The molecule has 0 aliphatic carbocycles. The van der Waals surface area contributed by atoms with E-state index in [-0.39, 0.29) is 12.6 Å². The van der Waals surface area contributed by atoms with Gasteiger partial charge < -0.3 is 14.9 Å². The van der Waals surface area contributed by atoms with Gasteiger partial charge in [0.05, 0.1) is 6.54 Å². The number of carbonyl (C=O) groups is 2. The molecule has 0 bridgehead atoms. The predicted octanol–water partition coefficient (Wildman–Crippen LogP) is -0.563. The van der Waals surface area contributed by atoms with Crippen LogP contribution >= 0.6 is 0 Å². The minimum atomic E-state index is -0.954. The summed E-state index contributed by atoms with van der Waals surface area (Å²) in [7, 11) is 3.08. The fourth-order valence-electron chi connectivity index (χ4n) is 1.11. The number of likely N-dealkylation sites (N-methyl/N-ethyl adjacent to an activating group) is 2. The lowest BCUT2D eigenvalue weighted by atomic mass is 10.3. The molecule has 1 aliphatic heterocycles. The maximum Gasteiger partial charge on any atom is 0.328 e. The first-order valence-electron chi connectivity index (χ1n) is 3.24. The van der Waals surface area contributed by atoms with Crippen molar-refractivity contribution in [1.82, 2.24) is 9.80 Å². The van der Waals surface area contributed by atoms with E-state index < -0.39 is 12.0 Å². The SMILES string of the molecule is CN1C[C@H](C(=O)O)N(C)C1=O. The Bertz CT molecular complexity index is 204. The Morgan fingerprint density at radius 2 is 2.18 bits per heavy atom. The number of hydrogen-bond acceptors (Lipinski definition) is 2. The van der Waals surface area contributed by atoms with Gasteiger partial charge in [-0.2, -0.15) is 0 Å². The number of carbonyl (C=O) groups excluding carboxylic acids is 1. The molecule has 0 aromatic carbocycles. The molecule has 1 aliphatic rings. The molecule has 2 amide bonds. The highest BCUT2D eigenvalue weighted by Gasteiger charge is 2.36. The quantitative estimate of drug-likeness (QED) is 0.556. The average molecular weight is 158 g/mol. The molecule has 0 spiro atoms. The van der Waals surface area contributed by atoms with Crippen LogP contribution in [0.5, 0.6) is 0 Å². The van der Waals surface area contributed by atoms with Crippen molar-refractivity contribution in [3.8, 4) is 0 Å². The topological polar surface area (TPSA) is 60.9 Å². The van der Waals surface area contributed by atoms with E-state index in [1.807, 2.05) is 0 Å². The first-order chi connectivity index (χ1) is 5.04. The highest BCUT2D eigenvalue weighted by molar-refractivity contribution is 5.86. The number of carboxylic acids is 1. The van der Waals surface area contributed by atoms with Gasteiger partial charge in [-0.1, -0.05) is 0 Å². The Labute approximate surface area is 64.2 Å². The van der Waals surface area contributed by atoms with Gasteiger partial charge in [-0.25, -0.2) is 9.59 Å². The summed E-state index contributed by atoms with van der Waals surface area (Å²) < 4.78 is 0. The Morgan fingerprint density at radius 3 is 2.36 bits per heavy atom. The second kappa shape index (κ2) is 2.41. The van der Waals surface area contributed by atoms with E-state index in [2.05, 4.69) is 0 Å². The Balaban J connectivity index is 2.75. The number of amides is 2. The Kier molecular flexibility index (Phi) is 1.72. The maximum absolute atomic E-state index is 11.0. The first-order valence-corrected chi connectivity index (χ1v) is 3.24. The van der Waals surface area contributed by atoms with Crippen molar-refractivity contribution < 1.29 is 14.7 Å². The van der Waals surface area contributed by atoms with Gasteiger partial charge in [-0.15, -0.1) is 0 Å². The van der Waals surface area contributed by atoms with Gasteiger partial charge in [0.2, 0.25) is 0 Å². The highest BCUT2D eigenvalue weighted by Crippen LogP contribution is 2.11. The zero-order valence-corrected chi connectivity index (χ0v) is 6.44. The van der Waals surface area contributed by atoms with Gasteiger partial charge in [-0.05, 0) is 0 Å². The lowest BCUT2D eigenvalue weighted by molar-refractivity contribution is -0.140. The van der Waals surface area contributed by atoms with Crippen molar-refractivity contribution in [2.24, 2.45) is 0 Å². The van der Waals surface area contributed by atoms with E-state index in [1.165, 1.54) is 16.8 Å². The average Bonchev–Trinajstić information content (AvgIpc) is 2.17. The number of aliphatic carboxylic acids is 1. The van der Waals surface area contributed by atoms with Crippen LogP contribution in [-0.4, -0.2) is 53.6 Å². The summed E-state index contributed by atoms with van der Waals surface area (Å²) in [6, 6.07) is -0.926. The lowest BCUT2D eigenvalue weighted by Crippen LogP contribution is -2.36. The second-order valence-corrected chi connectivity index (χ2v) is 2.63. The number of hydrogen-bond donors (Lipinski definition) is 1. The van der Waals surface area contributed by atoms with Crippen LogP contribution in [0.15, 0.2) is 0 Å². The molecule has 62 valence electrons. The summed E-state index contributed by atoms with van der Waals surface area (Å²) in [5.74, 6) is -0.954. The van der Waals surface area contributed by atoms with Crippen molar-refractivity contribution >= 4 is 12.0 Å². The molecule has 11 heavy (non-hydrogen) atoms. The maximum atomic E-state index is 11.0. The Morgan fingerprint density at radius 1 is 1.64 bits per heavy atom. The molecule has 1 N–H and O–H groups in total. The summed E-state index contributed by atoms with van der Waals surface area (Å²) >= 11 is 0. The summed E-state index contributed by atoms with van der Waals surface area (Å²) in [6.07, 6.45) is 0. The van der Waals surface area contributed by atoms with Gasteiger partial charge in [0.25, 0.3) is 0 Å². The smallest absolute Gasteiger partial charge is 0.328 e. The van der Waals surface area contributed by atoms with E-state index in [9.17, 15) is 9.59 Å². The molecule has 5 nitrogen and oxygen atoms in total. The molecule has 0 aromatic heterocycles. The minimum Gasteiger partial charge on any atom is -0.480 e.